The SMILES string of the molecule is CC(C)CCCN1C2CCCC1CC(=O)C2. The van der Waals surface area contributed by atoms with Gasteiger partial charge < -0.3 is 0 Å². The first-order valence-electron chi connectivity index (χ1n) is 6.94. The van der Waals surface area contributed by atoms with Crippen LogP contribution in [0.15, 0.2) is 0 Å². The Morgan fingerprint density at radius 2 is 1.88 bits per heavy atom. The molecule has 2 unspecified atom stereocenters. The van der Waals surface area contributed by atoms with Crippen molar-refractivity contribution in [3.8, 4) is 0 Å². The fourth-order valence-corrected chi connectivity index (χ4v) is 3.31. The molecule has 16 heavy (non-hydrogen) atoms. The van der Waals surface area contributed by atoms with Crippen LogP contribution in [0, 0.1) is 5.92 Å². The van der Waals surface area contributed by atoms with Crippen LogP contribution in [0.25, 0.3) is 0 Å². The van der Waals surface area contributed by atoms with Crippen molar-refractivity contribution in [3.05, 3.63) is 0 Å². The van der Waals surface area contributed by atoms with Gasteiger partial charge in [-0.05, 0) is 38.1 Å². The minimum absolute atomic E-state index is 0.509. The van der Waals surface area contributed by atoms with E-state index in [0.29, 0.717) is 17.9 Å². The van der Waals surface area contributed by atoms with E-state index < -0.39 is 0 Å². The molecule has 2 rings (SSSR count). The van der Waals surface area contributed by atoms with Gasteiger partial charge in [0.25, 0.3) is 0 Å². The number of hydrogen-bond donors (Lipinski definition) is 0. The maximum Gasteiger partial charge on any atom is 0.136 e. The molecule has 2 aliphatic heterocycles. The van der Waals surface area contributed by atoms with Crippen molar-refractivity contribution in [3.63, 3.8) is 0 Å². The molecule has 2 nitrogen and oxygen atoms in total. The molecule has 2 heteroatoms. The zero-order chi connectivity index (χ0) is 11.5. The van der Waals surface area contributed by atoms with Gasteiger partial charge >= 0.3 is 0 Å². The van der Waals surface area contributed by atoms with Crippen molar-refractivity contribution in [2.24, 2.45) is 5.92 Å². The van der Waals surface area contributed by atoms with Crippen LogP contribution in [0.3, 0.4) is 0 Å². The summed E-state index contributed by atoms with van der Waals surface area (Å²) in [6.07, 6.45) is 8.14. The Hall–Kier alpha value is -0.370. The molecule has 0 saturated carbocycles. The molecule has 0 spiro atoms. The monoisotopic (exact) mass is 223 g/mol. The van der Waals surface area contributed by atoms with Crippen LogP contribution in [-0.2, 0) is 4.79 Å². The molecule has 2 fully saturated rings. The fourth-order valence-electron chi connectivity index (χ4n) is 3.31. The van der Waals surface area contributed by atoms with E-state index in [4.69, 9.17) is 0 Å². The van der Waals surface area contributed by atoms with Crippen LogP contribution in [0.5, 0.6) is 0 Å². The van der Waals surface area contributed by atoms with Crippen LogP contribution >= 0.6 is 0 Å². The Morgan fingerprint density at radius 3 is 2.44 bits per heavy atom. The predicted molar refractivity (Wildman–Crippen MR) is 66.4 cm³/mol. The summed E-state index contributed by atoms with van der Waals surface area (Å²) in [6, 6.07) is 1.18. The van der Waals surface area contributed by atoms with Gasteiger partial charge in [0.2, 0.25) is 0 Å². The maximum atomic E-state index is 11.6. The molecule has 2 heterocycles. The van der Waals surface area contributed by atoms with E-state index in [1.807, 2.05) is 0 Å². The van der Waals surface area contributed by atoms with Crippen molar-refractivity contribution in [2.75, 3.05) is 6.54 Å². The van der Waals surface area contributed by atoms with E-state index in [1.54, 1.807) is 0 Å². The van der Waals surface area contributed by atoms with Gasteiger partial charge in [0, 0.05) is 24.9 Å². The van der Waals surface area contributed by atoms with Gasteiger partial charge in [0.05, 0.1) is 0 Å². The average molecular weight is 223 g/mol. The van der Waals surface area contributed by atoms with E-state index in [2.05, 4.69) is 18.7 Å². The Labute approximate surface area is 99.4 Å². The second-order valence-electron chi connectivity index (χ2n) is 5.96. The third-order valence-corrected chi connectivity index (χ3v) is 4.14. The van der Waals surface area contributed by atoms with Gasteiger partial charge in [-0.1, -0.05) is 20.3 Å². The third kappa shape index (κ3) is 2.85. The lowest BCUT2D eigenvalue weighted by molar-refractivity contribution is -0.127. The molecule has 2 aliphatic rings. The lowest BCUT2D eigenvalue weighted by atomic mass is 9.83. The highest BCUT2D eigenvalue weighted by Crippen LogP contribution is 2.32. The summed E-state index contributed by atoms with van der Waals surface area (Å²) >= 11 is 0. The van der Waals surface area contributed by atoms with Crippen LogP contribution < -0.4 is 0 Å². The molecule has 0 aromatic rings. The van der Waals surface area contributed by atoms with E-state index in [9.17, 15) is 4.79 Å². The van der Waals surface area contributed by atoms with Gasteiger partial charge in [-0.15, -0.1) is 0 Å². The summed E-state index contributed by atoms with van der Waals surface area (Å²) in [6.45, 7) is 5.81. The summed E-state index contributed by atoms with van der Waals surface area (Å²) in [4.78, 5) is 14.2. The zero-order valence-electron chi connectivity index (χ0n) is 10.7. The van der Waals surface area contributed by atoms with Crippen LogP contribution in [0.1, 0.15) is 58.8 Å². The van der Waals surface area contributed by atoms with Crippen molar-refractivity contribution in [1.82, 2.24) is 4.90 Å². The minimum Gasteiger partial charge on any atom is -0.300 e. The molecule has 0 aromatic carbocycles. The molecular formula is C14H25NO. The summed E-state index contributed by atoms with van der Waals surface area (Å²) < 4.78 is 0. The van der Waals surface area contributed by atoms with Gasteiger partial charge in [0.1, 0.15) is 5.78 Å². The number of rotatable bonds is 4. The lowest BCUT2D eigenvalue weighted by Gasteiger charge is -2.45. The average Bonchev–Trinajstić information content (AvgIpc) is 2.18. The Balaban J connectivity index is 1.86. The van der Waals surface area contributed by atoms with Crippen molar-refractivity contribution >= 4 is 5.78 Å². The smallest absolute Gasteiger partial charge is 0.136 e. The highest BCUT2D eigenvalue weighted by atomic mass is 16.1. The zero-order valence-corrected chi connectivity index (χ0v) is 10.7. The summed E-state index contributed by atoms with van der Waals surface area (Å²) in [5.74, 6) is 1.32. The summed E-state index contributed by atoms with van der Waals surface area (Å²) in [5.41, 5.74) is 0. The van der Waals surface area contributed by atoms with E-state index in [-0.39, 0.29) is 0 Å². The Bertz CT molecular complexity index is 233. The first kappa shape index (κ1) is 12.1. The number of hydrogen-bond acceptors (Lipinski definition) is 2. The number of nitrogens with zero attached hydrogens (tertiary/aromatic N) is 1. The summed E-state index contributed by atoms with van der Waals surface area (Å²) in [5, 5.41) is 0. The molecule has 92 valence electrons. The number of carbonyl (C=O) groups excluding carboxylic acids is 1. The molecule has 0 radical (unpaired) electrons. The molecule has 0 N–H and O–H groups in total. The first-order valence-corrected chi connectivity index (χ1v) is 6.94. The van der Waals surface area contributed by atoms with E-state index in [0.717, 1.165) is 18.8 Å². The number of piperidine rings is 2. The topological polar surface area (TPSA) is 20.3 Å². The number of fused-ring (bicyclic) bond motifs is 2. The Morgan fingerprint density at radius 1 is 1.25 bits per heavy atom. The predicted octanol–water partition coefficient (Wildman–Crippen LogP) is 3.01. The molecule has 0 amide bonds. The maximum absolute atomic E-state index is 11.6. The Kier molecular flexibility index (Phi) is 4.01. The highest BCUT2D eigenvalue weighted by molar-refractivity contribution is 5.80. The molecule has 2 saturated heterocycles. The number of ketones is 1. The van der Waals surface area contributed by atoms with Gasteiger partial charge in [-0.25, -0.2) is 0 Å². The largest absolute Gasteiger partial charge is 0.300 e. The molecule has 0 aromatic heterocycles. The fraction of sp³-hybridized carbons (Fsp3) is 0.929. The van der Waals surface area contributed by atoms with Crippen LogP contribution in [0.2, 0.25) is 0 Å². The van der Waals surface area contributed by atoms with Gasteiger partial charge in [-0.3, -0.25) is 9.69 Å². The second-order valence-corrected chi connectivity index (χ2v) is 5.96. The van der Waals surface area contributed by atoms with Crippen LogP contribution in [-0.4, -0.2) is 29.3 Å². The van der Waals surface area contributed by atoms with Crippen molar-refractivity contribution in [2.45, 2.75) is 70.9 Å². The van der Waals surface area contributed by atoms with E-state index >= 15 is 0 Å². The molecule has 0 aliphatic carbocycles. The quantitative estimate of drug-likeness (QED) is 0.730. The van der Waals surface area contributed by atoms with Crippen molar-refractivity contribution < 1.29 is 4.79 Å². The molecule has 2 atom stereocenters. The summed E-state index contributed by atoms with van der Waals surface area (Å²) in [7, 11) is 0. The highest BCUT2D eigenvalue weighted by Gasteiger charge is 2.36. The first-order chi connectivity index (χ1) is 7.66. The van der Waals surface area contributed by atoms with Gasteiger partial charge in [-0.2, -0.15) is 0 Å². The van der Waals surface area contributed by atoms with Gasteiger partial charge in [0.15, 0.2) is 0 Å². The van der Waals surface area contributed by atoms with Crippen LogP contribution in [0.4, 0.5) is 0 Å². The number of carbonyl (C=O) groups is 1. The van der Waals surface area contributed by atoms with Crippen molar-refractivity contribution in [1.29, 1.82) is 0 Å². The number of Topliss-reactive ketones (excluding diaryl/α,β-unsaturated/α-hetero) is 1. The minimum atomic E-state index is 0.509. The molecular weight excluding hydrogens is 198 g/mol. The third-order valence-electron chi connectivity index (χ3n) is 4.14. The second kappa shape index (κ2) is 5.31. The van der Waals surface area contributed by atoms with E-state index in [1.165, 1.54) is 38.6 Å². The standard InChI is InChI=1S/C14H25NO/c1-11(2)5-4-8-15-12-6-3-7-13(15)10-14(16)9-12/h11-13H,3-10H2,1-2H3. The lowest BCUT2D eigenvalue weighted by Crippen LogP contribution is -2.52. The molecule has 2 bridgehead atoms. The normalized spacial score (nSPS) is 31.1.